The van der Waals surface area contributed by atoms with Crippen LogP contribution in [0, 0.1) is 0 Å². The molecule has 0 aromatic heterocycles. The van der Waals surface area contributed by atoms with Crippen LogP contribution in [-0.2, 0) is 4.74 Å². The molecule has 0 spiro atoms. The maximum absolute atomic E-state index is 12.2. The predicted molar refractivity (Wildman–Crippen MR) is 70.4 cm³/mol. The molecule has 1 N–H and O–H groups in total. The Balaban J connectivity index is 2.13. The lowest BCUT2D eigenvalue weighted by Gasteiger charge is -2.36. The Hall–Kier alpha value is -1.55. The highest BCUT2D eigenvalue weighted by atomic mass is 16.5. The Labute approximate surface area is 108 Å². The molecular weight excluding hydrogens is 228 g/mol. The SMILES string of the molecule is CC(C)NC(=O)N1CCOCC1c1ccccc1. The van der Waals surface area contributed by atoms with Crippen LogP contribution in [0.3, 0.4) is 0 Å². The van der Waals surface area contributed by atoms with Gasteiger partial charge in [0.15, 0.2) is 0 Å². The summed E-state index contributed by atoms with van der Waals surface area (Å²) in [7, 11) is 0. The van der Waals surface area contributed by atoms with Gasteiger partial charge in [0.25, 0.3) is 0 Å². The second-order valence-electron chi connectivity index (χ2n) is 4.80. The molecule has 1 fully saturated rings. The first-order chi connectivity index (χ1) is 8.68. The molecule has 1 aromatic carbocycles. The van der Waals surface area contributed by atoms with Crippen molar-refractivity contribution in [2.45, 2.75) is 25.9 Å². The number of benzene rings is 1. The average Bonchev–Trinajstić information content (AvgIpc) is 2.39. The van der Waals surface area contributed by atoms with Gasteiger partial charge in [-0.1, -0.05) is 30.3 Å². The first-order valence-corrected chi connectivity index (χ1v) is 6.38. The van der Waals surface area contributed by atoms with Crippen LogP contribution in [0.1, 0.15) is 25.5 Å². The van der Waals surface area contributed by atoms with Gasteiger partial charge in [0, 0.05) is 12.6 Å². The van der Waals surface area contributed by atoms with Gasteiger partial charge in [-0.3, -0.25) is 0 Å². The summed E-state index contributed by atoms with van der Waals surface area (Å²) in [5.41, 5.74) is 1.12. The number of hydrogen-bond acceptors (Lipinski definition) is 2. The van der Waals surface area contributed by atoms with Crippen LogP contribution in [0.4, 0.5) is 4.79 Å². The summed E-state index contributed by atoms with van der Waals surface area (Å²) in [4.78, 5) is 14.0. The fraction of sp³-hybridized carbons (Fsp3) is 0.500. The van der Waals surface area contributed by atoms with Gasteiger partial charge in [0.1, 0.15) is 0 Å². The molecule has 1 saturated heterocycles. The summed E-state index contributed by atoms with van der Waals surface area (Å²) in [6, 6.07) is 10.2. The highest BCUT2D eigenvalue weighted by Gasteiger charge is 2.28. The Morgan fingerprint density at radius 3 is 2.78 bits per heavy atom. The van der Waals surface area contributed by atoms with Gasteiger partial charge in [-0.15, -0.1) is 0 Å². The second-order valence-corrected chi connectivity index (χ2v) is 4.80. The zero-order valence-electron chi connectivity index (χ0n) is 10.9. The maximum Gasteiger partial charge on any atom is 0.318 e. The molecule has 4 heteroatoms. The van der Waals surface area contributed by atoms with Crippen LogP contribution in [0.15, 0.2) is 30.3 Å². The third-order valence-corrected chi connectivity index (χ3v) is 2.99. The predicted octanol–water partition coefficient (Wildman–Crippen LogP) is 2.18. The number of nitrogens with zero attached hydrogens (tertiary/aromatic N) is 1. The molecule has 98 valence electrons. The van der Waals surface area contributed by atoms with Gasteiger partial charge in [-0.25, -0.2) is 4.79 Å². The van der Waals surface area contributed by atoms with E-state index in [0.717, 1.165) is 5.56 Å². The van der Waals surface area contributed by atoms with Crippen molar-refractivity contribution in [1.82, 2.24) is 10.2 Å². The summed E-state index contributed by atoms with van der Waals surface area (Å²) in [5, 5.41) is 2.94. The number of nitrogens with one attached hydrogen (secondary N) is 1. The third kappa shape index (κ3) is 3.01. The fourth-order valence-electron chi connectivity index (χ4n) is 2.13. The molecule has 4 nitrogen and oxygen atoms in total. The second kappa shape index (κ2) is 5.87. The number of hydrogen-bond donors (Lipinski definition) is 1. The molecule has 0 radical (unpaired) electrons. The minimum atomic E-state index is -0.0119. The molecule has 1 aromatic rings. The van der Waals surface area contributed by atoms with Crippen LogP contribution in [0.2, 0.25) is 0 Å². The van der Waals surface area contributed by atoms with Gasteiger partial charge in [0.05, 0.1) is 19.3 Å². The molecule has 0 aliphatic carbocycles. The monoisotopic (exact) mass is 248 g/mol. The number of ether oxygens (including phenoxy) is 1. The first kappa shape index (κ1) is 12.9. The van der Waals surface area contributed by atoms with E-state index in [1.807, 2.05) is 49.1 Å². The van der Waals surface area contributed by atoms with E-state index in [1.165, 1.54) is 0 Å². The van der Waals surface area contributed by atoms with Gasteiger partial charge in [0.2, 0.25) is 0 Å². The van der Waals surface area contributed by atoms with E-state index in [0.29, 0.717) is 19.8 Å². The van der Waals surface area contributed by atoms with Crippen LogP contribution < -0.4 is 5.32 Å². The largest absolute Gasteiger partial charge is 0.377 e. The number of urea groups is 1. The average molecular weight is 248 g/mol. The number of carbonyl (C=O) groups is 1. The van der Waals surface area contributed by atoms with Gasteiger partial charge in [-0.2, -0.15) is 0 Å². The molecule has 18 heavy (non-hydrogen) atoms. The Kier molecular flexibility index (Phi) is 4.20. The lowest BCUT2D eigenvalue weighted by molar-refractivity contribution is 0.0113. The van der Waals surface area contributed by atoms with Crippen molar-refractivity contribution in [2.24, 2.45) is 0 Å². The molecule has 0 saturated carbocycles. The van der Waals surface area contributed by atoms with Crippen molar-refractivity contribution in [3.8, 4) is 0 Å². The van der Waals surface area contributed by atoms with Crippen LogP contribution in [-0.4, -0.2) is 36.7 Å². The van der Waals surface area contributed by atoms with Crippen molar-refractivity contribution in [3.05, 3.63) is 35.9 Å². The van der Waals surface area contributed by atoms with Crippen molar-refractivity contribution < 1.29 is 9.53 Å². The molecule has 1 aliphatic rings. The van der Waals surface area contributed by atoms with Crippen LogP contribution in [0.25, 0.3) is 0 Å². The Morgan fingerprint density at radius 2 is 2.11 bits per heavy atom. The number of carbonyl (C=O) groups excluding carboxylic acids is 1. The molecule has 1 aliphatic heterocycles. The standard InChI is InChI=1S/C14H20N2O2/c1-11(2)15-14(17)16-8-9-18-10-13(16)12-6-4-3-5-7-12/h3-7,11,13H,8-10H2,1-2H3,(H,15,17). The lowest BCUT2D eigenvalue weighted by atomic mass is 10.1. The number of morpholine rings is 1. The number of amides is 2. The van der Waals surface area contributed by atoms with Crippen molar-refractivity contribution in [1.29, 1.82) is 0 Å². The Bertz CT molecular complexity index is 392. The van der Waals surface area contributed by atoms with E-state index in [4.69, 9.17) is 4.74 Å². The molecule has 1 heterocycles. The lowest BCUT2D eigenvalue weighted by Crippen LogP contribution is -2.49. The molecule has 1 atom stereocenters. The minimum Gasteiger partial charge on any atom is -0.377 e. The fourth-order valence-corrected chi connectivity index (χ4v) is 2.13. The van der Waals surface area contributed by atoms with Gasteiger partial charge in [-0.05, 0) is 19.4 Å². The normalized spacial score (nSPS) is 19.9. The molecule has 1 unspecified atom stereocenters. The summed E-state index contributed by atoms with van der Waals surface area (Å²) in [5.74, 6) is 0. The van der Waals surface area contributed by atoms with E-state index in [2.05, 4.69) is 5.32 Å². The Morgan fingerprint density at radius 1 is 1.39 bits per heavy atom. The minimum absolute atomic E-state index is 0.0119. The summed E-state index contributed by atoms with van der Waals surface area (Å²) >= 11 is 0. The summed E-state index contributed by atoms with van der Waals surface area (Å²) < 4.78 is 5.50. The van der Waals surface area contributed by atoms with E-state index < -0.39 is 0 Å². The number of rotatable bonds is 2. The first-order valence-electron chi connectivity index (χ1n) is 6.38. The maximum atomic E-state index is 12.2. The topological polar surface area (TPSA) is 41.6 Å². The van der Waals surface area contributed by atoms with Crippen LogP contribution in [0.5, 0.6) is 0 Å². The quantitative estimate of drug-likeness (QED) is 0.871. The van der Waals surface area contributed by atoms with E-state index in [9.17, 15) is 4.79 Å². The van der Waals surface area contributed by atoms with E-state index in [1.54, 1.807) is 0 Å². The smallest absolute Gasteiger partial charge is 0.318 e. The van der Waals surface area contributed by atoms with Crippen molar-refractivity contribution in [2.75, 3.05) is 19.8 Å². The zero-order valence-corrected chi connectivity index (χ0v) is 10.9. The molecule has 2 amide bonds. The molecule has 0 bridgehead atoms. The summed E-state index contributed by atoms with van der Waals surface area (Å²) in [6.07, 6.45) is 0. The summed E-state index contributed by atoms with van der Waals surface area (Å²) in [6.45, 7) is 5.74. The van der Waals surface area contributed by atoms with Crippen molar-refractivity contribution >= 4 is 6.03 Å². The third-order valence-electron chi connectivity index (χ3n) is 2.99. The molecular formula is C14H20N2O2. The van der Waals surface area contributed by atoms with Gasteiger partial charge >= 0.3 is 6.03 Å². The van der Waals surface area contributed by atoms with Crippen molar-refractivity contribution in [3.63, 3.8) is 0 Å². The highest BCUT2D eigenvalue weighted by molar-refractivity contribution is 5.75. The highest BCUT2D eigenvalue weighted by Crippen LogP contribution is 2.23. The molecule has 2 rings (SSSR count). The van der Waals surface area contributed by atoms with E-state index >= 15 is 0 Å². The van der Waals surface area contributed by atoms with E-state index in [-0.39, 0.29) is 18.1 Å². The van der Waals surface area contributed by atoms with Gasteiger partial charge < -0.3 is 15.0 Å². The van der Waals surface area contributed by atoms with Crippen LogP contribution >= 0.6 is 0 Å². The zero-order chi connectivity index (χ0) is 13.0.